The highest BCUT2D eigenvalue weighted by Crippen LogP contribution is 2.36. The molecule has 1 atom stereocenters. The van der Waals surface area contributed by atoms with Gasteiger partial charge in [0.1, 0.15) is 5.75 Å². The SMILES string of the molecule is CCN(CC)c1ccc(CNC(=O)[C@H]2CN(S(=O)(=O)c3ccc(C)cc3)c3ccccc3O2)cc1. The molecule has 184 valence electrons. The summed E-state index contributed by atoms with van der Waals surface area (Å²) < 4.78 is 34.1. The van der Waals surface area contributed by atoms with E-state index >= 15 is 0 Å². The van der Waals surface area contributed by atoms with Crippen LogP contribution in [0.4, 0.5) is 11.4 Å². The summed E-state index contributed by atoms with van der Waals surface area (Å²) in [6.45, 7) is 8.19. The zero-order chi connectivity index (χ0) is 25.0. The quantitative estimate of drug-likeness (QED) is 0.511. The number of fused-ring (bicyclic) bond motifs is 1. The number of hydrogen-bond acceptors (Lipinski definition) is 5. The molecule has 35 heavy (non-hydrogen) atoms. The molecule has 0 spiro atoms. The van der Waals surface area contributed by atoms with Crippen LogP contribution in [0.25, 0.3) is 0 Å². The molecule has 0 aromatic heterocycles. The Morgan fingerprint density at radius 2 is 1.66 bits per heavy atom. The number of anilines is 2. The van der Waals surface area contributed by atoms with Crippen LogP contribution in [0.2, 0.25) is 0 Å². The summed E-state index contributed by atoms with van der Waals surface area (Å²) in [5.74, 6) is -0.00501. The normalized spacial score (nSPS) is 15.2. The van der Waals surface area contributed by atoms with Gasteiger partial charge in [-0.25, -0.2) is 8.42 Å². The molecule has 1 amide bonds. The molecule has 8 heteroatoms. The summed E-state index contributed by atoms with van der Waals surface area (Å²) in [6.07, 6.45) is -0.972. The van der Waals surface area contributed by atoms with E-state index in [2.05, 4.69) is 24.1 Å². The zero-order valence-electron chi connectivity index (χ0n) is 20.3. The Bertz CT molecular complexity index is 1270. The summed E-state index contributed by atoms with van der Waals surface area (Å²) in [4.78, 5) is 15.5. The molecule has 3 aromatic carbocycles. The number of para-hydroxylation sites is 2. The molecule has 7 nitrogen and oxygen atoms in total. The molecule has 1 heterocycles. The Kier molecular flexibility index (Phi) is 7.31. The average molecular weight is 494 g/mol. The fourth-order valence-corrected chi connectivity index (χ4v) is 5.60. The highest BCUT2D eigenvalue weighted by molar-refractivity contribution is 7.92. The second kappa shape index (κ2) is 10.4. The van der Waals surface area contributed by atoms with Crippen LogP contribution in [0, 0.1) is 6.92 Å². The minimum atomic E-state index is -3.88. The molecule has 0 saturated carbocycles. The minimum Gasteiger partial charge on any atom is -0.476 e. The van der Waals surface area contributed by atoms with E-state index < -0.39 is 16.1 Å². The van der Waals surface area contributed by atoms with Crippen LogP contribution in [0.5, 0.6) is 5.75 Å². The molecule has 4 rings (SSSR count). The summed E-state index contributed by atoms with van der Waals surface area (Å²) >= 11 is 0. The predicted molar refractivity (Wildman–Crippen MR) is 138 cm³/mol. The van der Waals surface area contributed by atoms with Crippen molar-refractivity contribution in [3.05, 3.63) is 83.9 Å². The first kappa shape index (κ1) is 24.6. The van der Waals surface area contributed by atoms with Gasteiger partial charge in [-0.3, -0.25) is 9.10 Å². The third-order valence-corrected chi connectivity index (χ3v) is 7.96. The lowest BCUT2D eigenvalue weighted by Gasteiger charge is -2.34. The first-order valence-corrected chi connectivity index (χ1v) is 13.2. The van der Waals surface area contributed by atoms with Crippen molar-refractivity contribution in [1.82, 2.24) is 5.32 Å². The molecular weight excluding hydrogens is 462 g/mol. The highest BCUT2D eigenvalue weighted by Gasteiger charge is 2.37. The number of carbonyl (C=O) groups excluding carboxylic acids is 1. The zero-order valence-corrected chi connectivity index (χ0v) is 21.1. The lowest BCUT2D eigenvalue weighted by atomic mass is 10.1. The van der Waals surface area contributed by atoms with Crippen LogP contribution < -0.4 is 19.3 Å². The van der Waals surface area contributed by atoms with Gasteiger partial charge in [-0.1, -0.05) is 42.0 Å². The molecule has 1 aliphatic rings. The van der Waals surface area contributed by atoms with Crippen molar-refractivity contribution < 1.29 is 17.9 Å². The van der Waals surface area contributed by atoms with Gasteiger partial charge in [0, 0.05) is 25.3 Å². The standard InChI is InChI=1S/C27H31N3O4S/c1-4-29(5-2)22-14-12-21(13-15-22)18-28-27(31)26-19-30(24-8-6-7-9-25(24)34-26)35(32,33)23-16-10-20(3)11-17-23/h6-17,26H,4-5,18-19H2,1-3H3,(H,28,31)/t26-/m1/s1. The van der Waals surface area contributed by atoms with Crippen LogP contribution in [0.3, 0.4) is 0 Å². The molecule has 0 aliphatic carbocycles. The summed E-state index contributed by atoms with van der Waals surface area (Å²) in [7, 11) is -3.88. The molecule has 0 saturated heterocycles. The van der Waals surface area contributed by atoms with E-state index in [1.165, 1.54) is 4.31 Å². The van der Waals surface area contributed by atoms with Crippen molar-refractivity contribution in [2.45, 2.75) is 38.3 Å². The number of hydrogen-bond donors (Lipinski definition) is 1. The number of amides is 1. The maximum atomic E-state index is 13.5. The van der Waals surface area contributed by atoms with Gasteiger partial charge in [0.25, 0.3) is 15.9 Å². The van der Waals surface area contributed by atoms with Crippen LogP contribution >= 0.6 is 0 Å². The van der Waals surface area contributed by atoms with E-state index in [9.17, 15) is 13.2 Å². The predicted octanol–water partition coefficient (Wildman–Crippen LogP) is 4.11. The van der Waals surface area contributed by atoms with Gasteiger partial charge < -0.3 is 15.0 Å². The van der Waals surface area contributed by atoms with Gasteiger partial charge in [-0.05, 0) is 62.7 Å². The number of nitrogens with one attached hydrogen (secondary N) is 1. The second-order valence-electron chi connectivity index (χ2n) is 8.48. The Morgan fingerprint density at radius 1 is 1.00 bits per heavy atom. The van der Waals surface area contributed by atoms with Crippen molar-refractivity contribution >= 4 is 27.3 Å². The minimum absolute atomic E-state index is 0.111. The van der Waals surface area contributed by atoms with Crippen LogP contribution in [0.15, 0.2) is 77.7 Å². The summed E-state index contributed by atoms with van der Waals surface area (Å²) in [5.41, 5.74) is 3.47. The van der Waals surface area contributed by atoms with Crippen molar-refractivity contribution in [2.24, 2.45) is 0 Å². The summed E-state index contributed by atoms with van der Waals surface area (Å²) in [6, 6.07) is 21.6. The van der Waals surface area contributed by atoms with Crippen LogP contribution in [-0.4, -0.2) is 40.1 Å². The maximum absolute atomic E-state index is 13.5. The fourth-order valence-electron chi connectivity index (χ4n) is 4.12. The van der Waals surface area contributed by atoms with E-state index in [1.807, 2.05) is 31.2 Å². The first-order valence-electron chi connectivity index (χ1n) is 11.8. The molecule has 0 radical (unpaired) electrons. The topological polar surface area (TPSA) is 79.0 Å². The van der Waals surface area contributed by atoms with Crippen LogP contribution in [-0.2, 0) is 21.4 Å². The summed E-state index contributed by atoms with van der Waals surface area (Å²) in [5, 5.41) is 2.90. The Labute approximate surface area is 207 Å². The number of rotatable bonds is 8. The second-order valence-corrected chi connectivity index (χ2v) is 10.3. The molecule has 0 bridgehead atoms. The molecule has 0 fully saturated rings. The molecule has 1 aliphatic heterocycles. The molecule has 0 unspecified atom stereocenters. The first-order chi connectivity index (χ1) is 16.8. The number of nitrogens with zero attached hydrogens (tertiary/aromatic N) is 2. The average Bonchev–Trinajstić information content (AvgIpc) is 2.88. The van der Waals surface area contributed by atoms with E-state index in [1.54, 1.807) is 48.5 Å². The van der Waals surface area contributed by atoms with E-state index in [4.69, 9.17) is 4.74 Å². The Balaban J connectivity index is 1.51. The van der Waals surface area contributed by atoms with Crippen molar-refractivity contribution in [3.8, 4) is 5.75 Å². The molecule has 1 N–H and O–H groups in total. The highest BCUT2D eigenvalue weighted by atomic mass is 32.2. The van der Waals surface area contributed by atoms with Gasteiger partial charge in [0.05, 0.1) is 17.1 Å². The monoisotopic (exact) mass is 493 g/mol. The van der Waals surface area contributed by atoms with E-state index in [-0.39, 0.29) is 17.3 Å². The number of ether oxygens (including phenoxy) is 1. The van der Waals surface area contributed by atoms with Gasteiger partial charge >= 0.3 is 0 Å². The molecule has 3 aromatic rings. The Hall–Kier alpha value is -3.52. The van der Waals surface area contributed by atoms with Gasteiger partial charge in [-0.15, -0.1) is 0 Å². The van der Waals surface area contributed by atoms with Gasteiger partial charge in [0.2, 0.25) is 0 Å². The number of sulfonamides is 1. The number of carbonyl (C=O) groups is 1. The lowest BCUT2D eigenvalue weighted by molar-refractivity contribution is -0.127. The number of aryl methyl sites for hydroxylation is 1. The Morgan fingerprint density at radius 3 is 2.31 bits per heavy atom. The van der Waals surface area contributed by atoms with Gasteiger partial charge in [0.15, 0.2) is 6.10 Å². The van der Waals surface area contributed by atoms with Gasteiger partial charge in [-0.2, -0.15) is 0 Å². The van der Waals surface area contributed by atoms with Crippen molar-refractivity contribution in [3.63, 3.8) is 0 Å². The largest absolute Gasteiger partial charge is 0.476 e. The third kappa shape index (κ3) is 5.27. The fraction of sp³-hybridized carbons (Fsp3) is 0.296. The maximum Gasteiger partial charge on any atom is 0.264 e. The lowest BCUT2D eigenvalue weighted by Crippen LogP contribution is -2.50. The molecular formula is C27H31N3O4S. The van der Waals surface area contributed by atoms with Crippen molar-refractivity contribution in [2.75, 3.05) is 28.8 Å². The third-order valence-electron chi connectivity index (χ3n) is 6.17. The van der Waals surface area contributed by atoms with Crippen LogP contribution in [0.1, 0.15) is 25.0 Å². The van der Waals surface area contributed by atoms with E-state index in [0.717, 1.165) is 29.9 Å². The van der Waals surface area contributed by atoms with E-state index in [0.29, 0.717) is 18.0 Å². The van der Waals surface area contributed by atoms with Crippen molar-refractivity contribution in [1.29, 1.82) is 0 Å². The smallest absolute Gasteiger partial charge is 0.264 e. The number of benzene rings is 3.